The number of aromatic nitrogens is 1. The van der Waals surface area contributed by atoms with Gasteiger partial charge in [0, 0.05) is 47.8 Å². The summed E-state index contributed by atoms with van der Waals surface area (Å²) in [6.07, 6.45) is 2.04. The highest BCUT2D eigenvalue weighted by molar-refractivity contribution is 6.42. The third kappa shape index (κ3) is 3.26. The summed E-state index contributed by atoms with van der Waals surface area (Å²) in [6, 6.07) is 13.3. The molecular weight excluding hydrogens is 421 g/mol. The molecule has 1 aromatic heterocycles. The van der Waals surface area contributed by atoms with Gasteiger partial charge in [-0.15, -0.1) is 0 Å². The highest BCUT2D eigenvalue weighted by Crippen LogP contribution is 2.38. The van der Waals surface area contributed by atoms with Gasteiger partial charge in [0.2, 0.25) is 5.56 Å². The van der Waals surface area contributed by atoms with E-state index in [2.05, 4.69) is 9.88 Å². The molecule has 3 heterocycles. The van der Waals surface area contributed by atoms with E-state index in [-0.39, 0.29) is 23.6 Å². The van der Waals surface area contributed by atoms with Gasteiger partial charge in [-0.3, -0.25) is 9.59 Å². The molecule has 7 heteroatoms. The van der Waals surface area contributed by atoms with Gasteiger partial charge in [-0.25, -0.2) is 0 Å². The number of fused-ring (bicyclic) bond motifs is 3. The molecule has 30 heavy (non-hydrogen) atoms. The van der Waals surface area contributed by atoms with Crippen molar-refractivity contribution < 1.29 is 4.79 Å². The Hall–Kier alpha value is -2.50. The van der Waals surface area contributed by atoms with Crippen LogP contribution in [0.15, 0.2) is 47.3 Å². The first kappa shape index (κ1) is 19.5. The smallest absolute Gasteiger partial charge is 0.254 e. The molecule has 2 fully saturated rings. The second-order valence-corrected chi connectivity index (χ2v) is 9.01. The molecule has 2 aliphatic heterocycles. The van der Waals surface area contributed by atoms with Gasteiger partial charge in [0.15, 0.2) is 0 Å². The van der Waals surface area contributed by atoms with Crippen molar-refractivity contribution in [3.05, 3.63) is 74.0 Å². The van der Waals surface area contributed by atoms with E-state index in [1.54, 1.807) is 0 Å². The van der Waals surface area contributed by atoms with Gasteiger partial charge in [0.25, 0.3) is 5.91 Å². The molecule has 5 rings (SSSR count). The Kier molecular flexibility index (Phi) is 4.75. The topological polar surface area (TPSA) is 56.4 Å². The number of aryl methyl sites for hydroxylation is 1. The maximum atomic E-state index is 13.5. The number of carbonyl (C=O) groups is 1. The van der Waals surface area contributed by atoms with Crippen LogP contribution in [0.3, 0.4) is 0 Å². The second-order valence-electron chi connectivity index (χ2n) is 8.20. The van der Waals surface area contributed by atoms with Gasteiger partial charge in [-0.1, -0.05) is 34.8 Å². The van der Waals surface area contributed by atoms with Crippen molar-refractivity contribution in [3.8, 4) is 0 Å². The summed E-state index contributed by atoms with van der Waals surface area (Å²) in [7, 11) is 0. The predicted molar refractivity (Wildman–Crippen MR) is 121 cm³/mol. The SMILES string of the molecule is Cc1ccc2[nH]c(=O)cc(C(=O)N3CC4CCC(C3)N4c3ccc(Cl)c(Cl)c3)c2c1. The molecule has 1 N–H and O–H groups in total. The van der Waals surface area contributed by atoms with E-state index in [1.807, 2.05) is 48.2 Å². The molecule has 2 atom stereocenters. The fourth-order valence-electron chi connectivity index (χ4n) is 4.85. The van der Waals surface area contributed by atoms with Crippen LogP contribution in [-0.2, 0) is 0 Å². The Morgan fingerprint density at radius 2 is 1.73 bits per heavy atom. The number of H-pyrrole nitrogens is 1. The van der Waals surface area contributed by atoms with Crippen LogP contribution in [0, 0.1) is 6.92 Å². The Morgan fingerprint density at radius 3 is 2.43 bits per heavy atom. The highest BCUT2D eigenvalue weighted by atomic mass is 35.5. The van der Waals surface area contributed by atoms with Crippen LogP contribution in [0.1, 0.15) is 28.8 Å². The lowest BCUT2D eigenvalue weighted by Crippen LogP contribution is -2.55. The quantitative estimate of drug-likeness (QED) is 0.630. The van der Waals surface area contributed by atoms with E-state index >= 15 is 0 Å². The Labute approximate surface area is 184 Å². The highest BCUT2D eigenvalue weighted by Gasteiger charge is 2.42. The summed E-state index contributed by atoms with van der Waals surface area (Å²) in [6.45, 7) is 3.22. The normalized spacial score (nSPS) is 20.8. The molecule has 2 aromatic carbocycles. The summed E-state index contributed by atoms with van der Waals surface area (Å²) >= 11 is 12.3. The molecular formula is C23H21Cl2N3O2. The van der Waals surface area contributed by atoms with E-state index in [1.165, 1.54) is 6.07 Å². The Morgan fingerprint density at radius 1 is 1.00 bits per heavy atom. The summed E-state index contributed by atoms with van der Waals surface area (Å²) in [4.78, 5) is 32.7. The molecule has 5 nitrogen and oxygen atoms in total. The van der Waals surface area contributed by atoms with E-state index in [9.17, 15) is 9.59 Å². The lowest BCUT2D eigenvalue weighted by Gasteiger charge is -2.42. The summed E-state index contributed by atoms with van der Waals surface area (Å²) < 4.78 is 0. The van der Waals surface area contributed by atoms with Crippen molar-refractivity contribution in [2.75, 3.05) is 18.0 Å². The minimum atomic E-state index is -0.257. The molecule has 1 amide bonds. The minimum Gasteiger partial charge on any atom is -0.362 e. The Balaban J connectivity index is 1.46. The van der Waals surface area contributed by atoms with Crippen LogP contribution in [0.5, 0.6) is 0 Å². The number of nitrogens with one attached hydrogen (secondary N) is 1. The number of likely N-dealkylation sites (tertiary alicyclic amines) is 1. The zero-order valence-electron chi connectivity index (χ0n) is 16.5. The van der Waals surface area contributed by atoms with Crippen LogP contribution >= 0.6 is 23.2 Å². The number of benzene rings is 2. The molecule has 2 unspecified atom stereocenters. The van der Waals surface area contributed by atoms with Crippen LogP contribution in [-0.4, -0.2) is 41.0 Å². The van der Waals surface area contributed by atoms with Crippen molar-refractivity contribution in [2.24, 2.45) is 0 Å². The largest absolute Gasteiger partial charge is 0.362 e. The summed E-state index contributed by atoms with van der Waals surface area (Å²) in [5.41, 5.74) is 3.00. The molecule has 3 aromatic rings. The number of halogens is 2. The average molecular weight is 442 g/mol. The van der Waals surface area contributed by atoms with Crippen LogP contribution < -0.4 is 10.5 Å². The van der Waals surface area contributed by atoms with Crippen molar-refractivity contribution in [3.63, 3.8) is 0 Å². The summed E-state index contributed by atoms with van der Waals surface area (Å²) in [5.74, 6) is -0.0811. The number of hydrogen-bond donors (Lipinski definition) is 1. The molecule has 0 saturated carbocycles. The number of aromatic amines is 1. The third-order valence-corrected chi connectivity index (χ3v) is 6.94. The van der Waals surface area contributed by atoms with Crippen LogP contribution in [0.4, 0.5) is 5.69 Å². The standard InChI is InChI=1S/C23H21Cl2N3O2/c1-13-2-7-21-17(8-13)18(10-22(29)26-21)23(30)27-11-15-3-4-16(12-27)28(15)14-5-6-19(24)20(25)9-14/h2,5-10,15-16H,3-4,11-12H2,1H3,(H,26,29). The molecule has 2 saturated heterocycles. The number of anilines is 1. The fourth-order valence-corrected chi connectivity index (χ4v) is 5.14. The zero-order valence-corrected chi connectivity index (χ0v) is 18.0. The predicted octanol–water partition coefficient (Wildman–Crippen LogP) is 4.64. The van der Waals surface area contributed by atoms with E-state index in [4.69, 9.17) is 23.2 Å². The van der Waals surface area contributed by atoms with Crippen molar-refractivity contribution in [1.82, 2.24) is 9.88 Å². The first-order chi connectivity index (χ1) is 14.4. The first-order valence-corrected chi connectivity index (χ1v) is 10.8. The third-order valence-electron chi connectivity index (χ3n) is 6.20. The maximum Gasteiger partial charge on any atom is 0.254 e. The number of carbonyl (C=O) groups excluding carboxylic acids is 1. The van der Waals surface area contributed by atoms with Gasteiger partial charge in [-0.2, -0.15) is 0 Å². The van der Waals surface area contributed by atoms with Gasteiger partial charge < -0.3 is 14.8 Å². The summed E-state index contributed by atoms with van der Waals surface area (Å²) in [5, 5.41) is 1.87. The number of nitrogens with zero attached hydrogens (tertiary/aromatic N) is 2. The van der Waals surface area contributed by atoms with Crippen molar-refractivity contribution in [2.45, 2.75) is 31.8 Å². The fraction of sp³-hybridized carbons (Fsp3) is 0.304. The van der Waals surface area contributed by atoms with Crippen LogP contribution in [0.2, 0.25) is 10.0 Å². The lowest BCUT2D eigenvalue weighted by atomic mass is 10.0. The van der Waals surface area contributed by atoms with E-state index in [0.29, 0.717) is 34.2 Å². The molecule has 154 valence electrons. The average Bonchev–Trinajstić information content (AvgIpc) is 2.98. The number of piperazine rings is 1. The number of amides is 1. The van der Waals surface area contributed by atoms with Crippen molar-refractivity contribution in [1.29, 1.82) is 0 Å². The van der Waals surface area contributed by atoms with E-state index < -0.39 is 0 Å². The molecule has 2 bridgehead atoms. The molecule has 0 radical (unpaired) electrons. The van der Waals surface area contributed by atoms with Gasteiger partial charge >= 0.3 is 0 Å². The second kappa shape index (κ2) is 7.33. The molecule has 0 spiro atoms. The van der Waals surface area contributed by atoms with Crippen molar-refractivity contribution >= 4 is 45.7 Å². The van der Waals surface area contributed by atoms with E-state index in [0.717, 1.165) is 29.5 Å². The number of rotatable bonds is 2. The zero-order chi connectivity index (χ0) is 21.0. The Bertz CT molecular complexity index is 1210. The van der Waals surface area contributed by atoms with Gasteiger partial charge in [0.1, 0.15) is 0 Å². The number of hydrogen-bond acceptors (Lipinski definition) is 3. The van der Waals surface area contributed by atoms with Gasteiger partial charge in [0.05, 0.1) is 15.6 Å². The maximum absolute atomic E-state index is 13.5. The van der Waals surface area contributed by atoms with Gasteiger partial charge in [-0.05, 0) is 50.1 Å². The monoisotopic (exact) mass is 441 g/mol. The van der Waals surface area contributed by atoms with Crippen LogP contribution in [0.25, 0.3) is 10.9 Å². The lowest BCUT2D eigenvalue weighted by molar-refractivity contribution is 0.0719. The number of pyridine rings is 1. The minimum absolute atomic E-state index is 0.0811. The molecule has 2 aliphatic rings. The molecule has 0 aliphatic carbocycles. The first-order valence-electron chi connectivity index (χ1n) is 10.1.